The molecular formula is C33H48O8Si. The Morgan fingerprint density at radius 1 is 0.690 bits per heavy atom. The molecule has 0 N–H and O–H groups in total. The maximum Gasteiger partial charge on any atom is 0.305 e. The van der Waals surface area contributed by atoms with Crippen molar-refractivity contribution in [2.75, 3.05) is 6.61 Å². The molecule has 8 nitrogen and oxygen atoms in total. The minimum atomic E-state index is -2.29. The summed E-state index contributed by atoms with van der Waals surface area (Å²) in [5, 5.41) is 0. The first-order valence-electron chi connectivity index (χ1n) is 14.9. The van der Waals surface area contributed by atoms with E-state index in [1.165, 1.54) is 13.8 Å². The topological polar surface area (TPSA) is 89.5 Å². The van der Waals surface area contributed by atoms with Crippen molar-refractivity contribution in [2.24, 2.45) is 0 Å². The molecule has 0 aliphatic carbocycles. The van der Waals surface area contributed by atoms with Gasteiger partial charge >= 0.3 is 11.9 Å². The Kier molecular flexibility index (Phi) is 12.7. The molecule has 9 heteroatoms. The van der Waals surface area contributed by atoms with Crippen LogP contribution in [0.25, 0.3) is 0 Å². The van der Waals surface area contributed by atoms with Gasteiger partial charge in [0, 0.05) is 13.8 Å². The molecule has 1 heterocycles. The summed E-state index contributed by atoms with van der Waals surface area (Å²) in [5.74, 6) is -1.10. The van der Waals surface area contributed by atoms with E-state index >= 15 is 0 Å². The number of hydrogen-bond acceptors (Lipinski definition) is 8. The van der Waals surface area contributed by atoms with E-state index < -0.39 is 51.0 Å². The Hall–Kier alpha value is -2.56. The van der Waals surface area contributed by atoms with Crippen molar-refractivity contribution in [3.05, 3.63) is 71.8 Å². The summed E-state index contributed by atoms with van der Waals surface area (Å²) < 4.78 is 37.7. The number of rotatable bonds is 14. The third-order valence-corrected chi connectivity index (χ3v) is 14.0. The fourth-order valence-corrected chi connectivity index (χ4v) is 11.7. The fourth-order valence-electron chi connectivity index (χ4n) is 6.24. The standard InChI is InChI=1S/C33H48O8Si/c1-22(2)42(23(3)4,24(5)6)38-21-29-30(36-19-27-15-11-9-12-16-27)31(37-20-28-17-13-10-14-18-28)32(39-25(7)34)33(41-29)40-26(8)35/h9-18,22-24,29-33H,19-21H2,1-8H3/t29-,30-,31+,32+,33?/m1/s1. The minimum absolute atomic E-state index is 0.218. The zero-order valence-electron chi connectivity index (χ0n) is 26.3. The Morgan fingerprint density at radius 3 is 1.57 bits per heavy atom. The number of hydrogen-bond donors (Lipinski definition) is 0. The summed E-state index contributed by atoms with van der Waals surface area (Å²) in [5.41, 5.74) is 2.98. The van der Waals surface area contributed by atoms with Crippen LogP contribution in [-0.2, 0) is 50.9 Å². The van der Waals surface area contributed by atoms with E-state index in [0.29, 0.717) is 16.6 Å². The van der Waals surface area contributed by atoms with Crippen LogP contribution in [0.3, 0.4) is 0 Å². The van der Waals surface area contributed by atoms with Gasteiger partial charge in [0.2, 0.25) is 6.29 Å². The van der Waals surface area contributed by atoms with Crippen molar-refractivity contribution in [3.63, 3.8) is 0 Å². The SMILES string of the molecule is CC(=O)OC1O[C@H](CO[Si](C(C)C)(C(C)C)C(C)C)[C@@H](OCc2ccccc2)[C@H](OCc2ccccc2)[C@@H]1OC(C)=O. The van der Waals surface area contributed by atoms with Gasteiger partial charge in [-0.3, -0.25) is 9.59 Å². The highest BCUT2D eigenvalue weighted by Crippen LogP contribution is 2.43. The summed E-state index contributed by atoms with van der Waals surface area (Å²) in [7, 11) is -2.29. The van der Waals surface area contributed by atoms with Crippen LogP contribution in [-0.4, -0.2) is 57.6 Å². The monoisotopic (exact) mass is 600 g/mol. The molecule has 0 radical (unpaired) electrons. The Labute approximate surface area is 252 Å². The van der Waals surface area contributed by atoms with Crippen LogP contribution in [0, 0.1) is 0 Å². The van der Waals surface area contributed by atoms with Gasteiger partial charge in [0.15, 0.2) is 14.4 Å². The summed E-state index contributed by atoms with van der Waals surface area (Å²) in [6.07, 6.45) is -4.39. The van der Waals surface area contributed by atoms with Crippen LogP contribution < -0.4 is 0 Å². The highest BCUT2D eigenvalue weighted by molar-refractivity contribution is 6.77. The average molecular weight is 601 g/mol. The van der Waals surface area contributed by atoms with Crippen LogP contribution in [0.5, 0.6) is 0 Å². The van der Waals surface area contributed by atoms with Gasteiger partial charge in [-0.05, 0) is 27.8 Å². The number of benzene rings is 2. The number of esters is 2. The van der Waals surface area contributed by atoms with Gasteiger partial charge in [-0.25, -0.2) is 0 Å². The molecule has 0 bridgehead atoms. The van der Waals surface area contributed by atoms with E-state index in [0.717, 1.165) is 11.1 Å². The molecule has 0 spiro atoms. The van der Waals surface area contributed by atoms with E-state index in [-0.39, 0.29) is 19.8 Å². The number of carbonyl (C=O) groups excluding carboxylic acids is 2. The molecule has 0 aromatic heterocycles. The van der Waals surface area contributed by atoms with Gasteiger partial charge in [0.25, 0.3) is 0 Å². The van der Waals surface area contributed by atoms with Crippen molar-refractivity contribution in [2.45, 2.75) is 116 Å². The quantitative estimate of drug-likeness (QED) is 0.178. The van der Waals surface area contributed by atoms with Crippen LogP contribution in [0.2, 0.25) is 16.6 Å². The first kappa shape index (κ1) is 33.9. The van der Waals surface area contributed by atoms with Crippen molar-refractivity contribution in [3.8, 4) is 0 Å². The Morgan fingerprint density at radius 2 is 1.14 bits per heavy atom. The van der Waals surface area contributed by atoms with Crippen LogP contribution in [0.15, 0.2) is 60.7 Å². The lowest BCUT2D eigenvalue weighted by Gasteiger charge is -2.47. The minimum Gasteiger partial charge on any atom is -0.453 e. The third kappa shape index (κ3) is 8.73. The lowest BCUT2D eigenvalue weighted by Crippen LogP contribution is -2.63. The number of carbonyl (C=O) groups is 2. The molecule has 0 saturated carbocycles. The van der Waals surface area contributed by atoms with E-state index in [1.807, 2.05) is 60.7 Å². The fraction of sp³-hybridized carbons (Fsp3) is 0.576. The largest absolute Gasteiger partial charge is 0.453 e. The summed E-state index contributed by atoms with van der Waals surface area (Å²) in [6, 6.07) is 19.5. The van der Waals surface area contributed by atoms with Crippen molar-refractivity contribution < 1.29 is 37.7 Å². The molecule has 1 aliphatic rings. The molecule has 42 heavy (non-hydrogen) atoms. The summed E-state index contributed by atoms with van der Waals surface area (Å²) in [4.78, 5) is 24.5. The van der Waals surface area contributed by atoms with Gasteiger partial charge in [-0.15, -0.1) is 0 Å². The lowest BCUT2D eigenvalue weighted by molar-refractivity contribution is -0.310. The molecule has 1 unspecified atom stereocenters. The smallest absolute Gasteiger partial charge is 0.305 e. The van der Waals surface area contributed by atoms with Crippen LogP contribution >= 0.6 is 0 Å². The first-order valence-corrected chi connectivity index (χ1v) is 17.0. The average Bonchev–Trinajstić information content (AvgIpc) is 2.93. The highest BCUT2D eigenvalue weighted by Gasteiger charge is 2.53. The molecule has 2 aromatic carbocycles. The maximum absolute atomic E-state index is 12.3. The van der Waals surface area contributed by atoms with Gasteiger partial charge in [-0.2, -0.15) is 0 Å². The predicted octanol–water partition coefficient (Wildman–Crippen LogP) is 6.57. The van der Waals surface area contributed by atoms with E-state index in [1.54, 1.807) is 0 Å². The van der Waals surface area contributed by atoms with Crippen molar-refractivity contribution in [1.82, 2.24) is 0 Å². The zero-order chi connectivity index (χ0) is 30.9. The van der Waals surface area contributed by atoms with Gasteiger partial charge < -0.3 is 28.1 Å². The molecule has 1 aliphatic heterocycles. The predicted molar refractivity (Wildman–Crippen MR) is 163 cm³/mol. The van der Waals surface area contributed by atoms with Crippen molar-refractivity contribution >= 4 is 20.3 Å². The van der Waals surface area contributed by atoms with E-state index in [4.69, 9.17) is 28.1 Å². The molecule has 5 atom stereocenters. The van der Waals surface area contributed by atoms with E-state index in [9.17, 15) is 9.59 Å². The third-order valence-electron chi connectivity index (χ3n) is 7.95. The molecule has 0 amide bonds. The Balaban J connectivity index is 2.02. The molecule has 1 saturated heterocycles. The molecule has 2 aromatic rings. The maximum atomic E-state index is 12.3. The normalized spacial score (nSPS) is 22.9. The van der Waals surface area contributed by atoms with Gasteiger partial charge in [-0.1, -0.05) is 102 Å². The van der Waals surface area contributed by atoms with Gasteiger partial charge in [0.1, 0.15) is 18.3 Å². The van der Waals surface area contributed by atoms with E-state index in [2.05, 4.69) is 41.5 Å². The molecule has 1 fully saturated rings. The second kappa shape index (κ2) is 15.8. The summed E-state index contributed by atoms with van der Waals surface area (Å²) >= 11 is 0. The lowest BCUT2D eigenvalue weighted by atomic mass is 9.98. The van der Waals surface area contributed by atoms with Gasteiger partial charge in [0.05, 0.1) is 19.8 Å². The second-order valence-electron chi connectivity index (χ2n) is 11.9. The highest BCUT2D eigenvalue weighted by atomic mass is 28.4. The molecular weight excluding hydrogens is 552 g/mol. The molecule has 3 rings (SSSR count). The van der Waals surface area contributed by atoms with Crippen molar-refractivity contribution in [1.29, 1.82) is 0 Å². The first-order chi connectivity index (χ1) is 20.0. The molecule has 232 valence electrons. The van der Waals surface area contributed by atoms with Crippen LogP contribution in [0.1, 0.15) is 66.5 Å². The van der Waals surface area contributed by atoms with Crippen LogP contribution in [0.4, 0.5) is 0 Å². The summed E-state index contributed by atoms with van der Waals surface area (Å²) in [6.45, 7) is 16.7. The zero-order valence-corrected chi connectivity index (χ0v) is 27.3. The number of ether oxygens (including phenoxy) is 5. The second-order valence-corrected chi connectivity index (χ2v) is 17.3. The Bertz CT molecular complexity index is 1090.